The Morgan fingerprint density at radius 3 is 1.16 bits per heavy atom. The van der Waals surface area contributed by atoms with Crippen molar-refractivity contribution >= 4 is 71.6 Å². The number of carboxylic acids is 10. The Hall–Kier alpha value is -7.78. The Labute approximate surface area is 474 Å². The maximum Gasteiger partial charge on any atom is 0.320 e. The standard InChI is InChI=1S/C9H11NO2.C6H14N4O2.C6H14N2O2.C5H10N2O3.C5H9NO2.C5H11NO2.2C3H7NO2.2C2H5NO2/c10-8(9(11)12)6-7-4-2-1-3-5-7;7-4(5(11)12)2-1-3-10-6(8)9;7-4-2-1-3-5(8)6(9)10;6-3(5(9)10)1-2-4(7)8;7-5(8)4-2-1-3-6-4;1-3(2)4(6)5(7)8;2*1-2(4)3(5)6;2*3-1-2(4)5/h1-5,8H,6,10H2,(H,11,12);4H,1-3,7H2,(H,11,12)(H4,8,9,10);5H,1-4,7-8H2,(H,9,10);3H,1-2,6H2,(H2,7,8)(H,9,10);4,6H,1-3H2,(H,7,8);3-4H,6H2,1-2H3,(H,7,8);2*2H,4H2,1H3,(H,5,6);2*1,3H2,(H,4,5)/t8-;4-;5-;3-;2*4-;2*2-;;/m00000000../s1. The lowest BCUT2D eigenvalue weighted by Crippen LogP contribution is -2.34. The first-order valence-electron chi connectivity index (χ1n) is 24.4. The fourth-order valence-corrected chi connectivity index (χ4v) is 3.86. The third-order valence-corrected chi connectivity index (χ3v) is 8.74. The SMILES string of the molecule is CC(C)[C@H](N)C(=O)O.C[C@H](N)C(=O)O.C[C@H](N)C(=O)O.N=C(N)NCCC[C@H](N)C(=O)O.NC(=O)CC[C@H](N)C(=O)O.NCC(=O)O.NCC(=O)O.NCCCC[C@H](N)C(=O)O.N[C@@H](Cc1ccccc1)C(=O)O.O=C(O)[C@@H]1CCCN1. The van der Waals surface area contributed by atoms with Gasteiger partial charge in [0.05, 0.1) is 13.1 Å². The number of guanidine groups is 1. The number of aliphatic carboxylic acids is 10. The number of carbonyl (C=O) groups is 11. The third-order valence-electron chi connectivity index (χ3n) is 8.74. The van der Waals surface area contributed by atoms with Crippen LogP contribution in [0.25, 0.3) is 0 Å². The molecule has 0 aliphatic carbocycles. The van der Waals surface area contributed by atoms with Crippen LogP contribution in [0.5, 0.6) is 0 Å². The van der Waals surface area contributed by atoms with Crippen LogP contribution in [0.2, 0.25) is 0 Å². The van der Waals surface area contributed by atoms with E-state index in [-0.39, 0.29) is 43.9 Å². The molecule has 1 heterocycles. The van der Waals surface area contributed by atoms with E-state index < -0.39 is 108 Å². The van der Waals surface area contributed by atoms with E-state index in [2.05, 4.69) is 22.1 Å². The molecule has 37 N–H and O–H groups in total. The molecule has 1 saturated heterocycles. The molecule has 8 atom stereocenters. The lowest BCUT2D eigenvalue weighted by Gasteiger charge is -2.07. The van der Waals surface area contributed by atoms with E-state index >= 15 is 0 Å². The summed E-state index contributed by atoms with van der Waals surface area (Å²) in [5.41, 5.74) is 60.7. The van der Waals surface area contributed by atoms with Crippen molar-refractivity contribution in [3.8, 4) is 0 Å². The quantitative estimate of drug-likeness (QED) is 0.0261. The largest absolute Gasteiger partial charge is 0.480 e. The van der Waals surface area contributed by atoms with E-state index in [1.165, 1.54) is 13.8 Å². The Bertz CT molecular complexity index is 1890. The molecule has 1 aliphatic rings. The van der Waals surface area contributed by atoms with Gasteiger partial charge in [-0.25, -0.2) is 0 Å². The van der Waals surface area contributed by atoms with E-state index in [1.54, 1.807) is 13.8 Å². The number of primary amides is 1. The molecule has 1 fully saturated rings. The van der Waals surface area contributed by atoms with Gasteiger partial charge in [0.1, 0.15) is 48.3 Å². The summed E-state index contributed by atoms with van der Waals surface area (Å²) in [5, 5.41) is 93.1. The van der Waals surface area contributed by atoms with Crippen molar-refractivity contribution in [2.24, 2.45) is 74.7 Å². The van der Waals surface area contributed by atoms with Crippen LogP contribution in [0.4, 0.5) is 0 Å². The minimum absolute atomic E-state index is 0.0208. The maximum atomic E-state index is 10.4. The van der Waals surface area contributed by atoms with E-state index in [1.807, 2.05) is 30.3 Å². The molecule has 0 saturated carbocycles. The first-order chi connectivity index (χ1) is 37.6. The molecule has 0 aromatic heterocycles. The highest BCUT2D eigenvalue weighted by atomic mass is 16.4. The zero-order valence-corrected chi connectivity index (χ0v) is 46.6. The number of nitrogens with two attached hydrogens (primary N) is 12. The Balaban J connectivity index is -0.000000125. The molecule has 0 unspecified atom stereocenters. The summed E-state index contributed by atoms with van der Waals surface area (Å²) in [7, 11) is 0. The van der Waals surface area contributed by atoms with Crippen LogP contribution in [0.1, 0.15) is 91.0 Å². The van der Waals surface area contributed by atoms with Crippen molar-refractivity contribution in [2.45, 2.75) is 140 Å². The van der Waals surface area contributed by atoms with Crippen LogP contribution in [-0.2, 0) is 59.2 Å². The first-order valence-corrected chi connectivity index (χ1v) is 24.4. The van der Waals surface area contributed by atoms with Crippen LogP contribution in [-0.4, -0.2) is 204 Å². The molecule has 478 valence electrons. The van der Waals surface area contributed by atoms with Gasteiger partial charge in [-0.1, -0.05) is 50.6 Å². The monoisotopic (exact) mass is 1190 g/mol. The van der Waals surface area contributed by atoms with E-state index in [9.17, 15) is 52.7 Å². The van der Waals surface area contributed by atoms with Crippen LogP contribution in [0, 0.1) is 11.3 Å². The highest BCUT2D eigenvalue weighted by Crippen LogP contribution is 2.04. The number of benzene rings is 1. The number of hydrogen-bond acceptors (Lipinski definition) is 23. The molecule has 0 radical (unpaired) electrons. The normalized spacial score (nSPS) is 13.7. The molecule has 82 heavy (non-hydrogen) atoms. The van der Waals surface area contributed by atoms with Gasteiger partial charge in [-0.05, 0) is 89.8 Å². The molecule has 1 amide bonds. The van der Waals surface area contributed by atoms with Crippen LogP contribution in [0.3, 0.4) is 0 Å². The van der Waals surface area contributed by atoms with Crippen molar-refractivity contribution in [1.29, 1.82) is 5.41 Å². The van der Waals surface area contributed by atoms with Gasteiger partial charge in [0, 0.05) is 13.0 Å². The number of amides is 1. The van der Waals surface area contributed by atoms with Gasteiger partial charge in [-0.2, -0.15) is 0 Å². The maximum absolute atomic E-state index is 10.4. The summed E-state index contributed by atoms with van der Waals surface area (Å²) in [6.07, 6.45) is 5.43. The summed E-state index contributed by atoms with van der Waals surface area (Å²) in [5.74, 6) is -10.1. The topological polar surface area (TPSA) is 750 Å². The summed E-state index contributed by atoms with van der Waals surface area (Å²) in [4.78, 5) is 109. The van der Waals surface area contributed by atoms with Crippen molar-refractivity contribution in [3.63, 3.8) is 0 Å². The molecular formula is C46H93N15O21. The zero-order valence-electron chi connectivity index (χ0n) is 46.6. The molecule has 36 heteroatoms. The molecule has 1 aliphatic heterocycles. The van der Waals surface area contributed by atoms with Crippen molar-refractivity contribution < 1.29 is 104 Å². The van der Waals surface area contributed by atoms with Crippen molar-refractivity contribution in [3.05, 3.63) is 35.9 Å². The van der Waals surface area contributed by atoms with Gasteiger partial charge in [0.15, 0.2) is 5.96 Å². The molecule has 1 aromatic carbocycles. The van der Waals surface area contributed by atoms with Gasteiger partial charge in [-0.3, -0.25) is 58.1 Å². The summed E-state index contributed by atoms with van der Waals surface area (Å²) in [6.45, 7) is 7.78. The summed E-state index contributed by atoms with van der Waals surface area (Å²) >= 11 is 0. The second-order valence-corrected chi connectivity index (χ2v) is 16.8. The number of unbranched alkanes of at least 4 members (excludes halogenated alkanes) is 1. The van der Waals surface area contributed by atoms with Gasteiger partial charge < -0.3 is 131 Å². The van der Waals surface area contributed by atoms with Gasteiger partial charge >= 0.3 is 59.7 Å². The summed E-state index contributed by atoms with van der Waals surface area (Å²) in [6, 6.07) is 3.58. The highest BCUT2D eigenvalue weighted by Gasteiger charge is 2.20. The van der Waals surface area contributed by atoms with Crippen molar-refractivity contribution in [1.82, 2.24) is 10.6 Å². The summed E-state index contributed by atoms with van der Waals surface area (Å²) < 4.78 is 0. The highest BCUT2D eigenvalue weighted by molar-refractivity contribution is 5.77. The van der Waals surface area contributed by atoms with E-state index in [4.69, 9.17) is 114 Å². The van der Waals surface area contributed by atoms with Gasteiger partial charge in [0.25, 0.3) is 0 Å². The molecule has 36 nitrogen and oxygen atoms in total. The molecule has 0 spiro atoms. The number of rotatable bonds is 24. The minimum atomic E-state index is -1.11. The van der Waals surface area contributed by atoms with E-state index in [0.717, 1.165) is 37.8 Å². The van der Waals surface area contributed by atoms with Crippen LogP contribution in [0.15, 0.2) is 30.3 Å². The fourth-order valence-electron chi connectivity index (χ4n) is 3.86. The predicted molar refractivity (Wildman–Crippen MR) is 298 cm³/mol. The fraction of sp³-hybridized carbons (Fsp3) is 0.609. The average molecular weight is 1190 g/mol. The average Bonchev–Trinajstić information content (AvgIpc) is 3.94. The van der Waals surface area contributed by atoms with Crippen LogP contribution < -0.4 is 79.4 Å². The Kier molecular flexibility index (Phi) is 65.7. The predicted octanol–water partition coefficient (Wildman–Crippen LogP) is -5.73. The smallest absolute Gasteiger partial charge is 0.320 e. The lowest BCUT2D eigenvalue weighted by molar-refractivity contribution is -0.140. The van der Waals surface area contributed by atoms with Gasteiger partial charge in [-0.15, -0.1) is 0 Å². The molecule has 1 aromatic rings. The molecule has 2 rings (SSSR count). The second kappa shape index (κ2) is 59.3. The third kappa shape index (κ3) is 78.7. The number of carboxylic acid groups (broad SMARTS) is 10. The molecule has 0 bridgehead atoms. The lowest BCUT2D eigenvalue weighted by atomic mass is 10.1. The second-order valence-electron chi connectivity index (χ2n) is 16.8. The Morgan fingerprint density at radius 2 is 0.927 bits per heavy atom. The first kappa shape index (κ1) is 90.7. The minimum Gasteiger partial charge on any atom is -0.480 e. The van der Waals surface area contributed by atoms with E-state index in [0.29, 0.717) is 38.8 Å². The van der Waals surface area contributed by atoms with Crippen molar-refractivity contribution in [2.75, 3.05) is 32.7 Å². The van der Waals surface area contributed by atoms with Gasteiger partial charge in [0.2, 0.25) is 5.91 Å². The Morgan fingerprint density at radius 1 is 0.561 bits per heavy atom. The number of nitrogens with one attached hydrogen (secondary N) is 3. The zero-order chi connectivity index (χ0) is 66.3. The molecular weight excluding hydrogens is 1100 g/mol. The number of hydrogen-bond donors (Lipinski definition) is 25. The van der Waals surface area contributed by atoms with Crippen LogP contribution >= 0.6 is 0 Å². The number of carbonyl (C=O) groups excluding carboxylic acids is 1.